The van der Waals surface area contributed by atoms with Gasteiger partial charge in [0.1, 0.15) is 0 Å². The molecule has 0 unspecified atom stereocenters. The van der Waals surface area contributed by atoms with Crippen LogP contribution in [0.25, 0.3) is 0 Å². The minimum Gasteiger partial charge on any atom is -0.325 e. The van der Waals surface area contributed by atoms with Crippen molar-refractivity contribution in [3.63, 3.8) is 0 Å². The molecule has 0 aromatic heterocycles. The van der Waals surface area contributed by atoms with Gasteiger partial charge in [0.25, 0.3) is 0 Å². The van der Waals surface area contributed by atoms with Crippen molar-refractivity contribution in [3.05, 3.63) is 27.1 Å². The highest BCUT2D eigenvalue weighted by atomic mass is 79.9. The first kappa shape index (κ1) is 14.2. The Bertz CT molecular complexity index is 368. The molecule has 1 aromatic carbocycles. The molecule has 1 N–H and O–H groups in total. The Balaban J connectivity index is 2.52. The molecule has 0 aliphatic carbocycles. The number of carbonyl (C=O) groups is 1. The van der Waals surface area contributed by atoms with Crippen molar-refractivity contribution >= 4 is 59.4 Å². The van der Waals surface area contributed by atoms with Crippen molar-refractivity contribution in [2.45, 2.75) is 19.3 Å². The quantitative estimate of drug-likeness (QED) is 0.549. The number of hydrogen-bond acceptors (Lipinski definition) is 1. The summed E-state index contributed by atoms with van der Waals surface area (Å²) < 4.78 is 1.84. The molecule has 5 heteroatoms. The molecule has 0 saturated carbocycles. The van der Waals surface area contributed by atoms with Crippen LogP contribution < -0.4 is 5.32 Å². The number of rotatable bonds is 5. The molecule has 0 spiro atoms. The fourth-order valence-corrected chi connectivity index (χ4v) is 2.29. The molecule has 0 radical (unpaired) electrons. The van der Waals surface area contributed by atoms with Crippen LogP contribution in [0.3, 0.4) is 0 Å². The van der Waals surface area contributed by atoms with E-state index in [2.05, 4.69) is 53.1 Å². The van der Waals surface area contributed by atoms with Gasteiger partial charge in [-0.25, -0.2) is 0 Å². The van der Waals surface area contributed by atoms with E-state index in [1.807, 2.05) is 18.2 Å². The molecule has 0 fully saturated rings. The summed E-state index contributed by atoms with van der Waals surface area (Å²) in [5.41, 5.74) is 0.804. The Labute approximate surface area is 121 Å². The molecule has 1 aromatic rings. The van der Waals surface area contributed by atoms with Crippen molar-refractivity contribution in [3.8, 4) is 0 Å². The van der Waals surface area contributed by atoms with Gasteiger partial charge >= 0.3 is 0 Å². The monoisotopic (exact) mass is 411 g/mol. The third-order valence-electron chi connectivity index (χ3n) is 1.99. The zero-order chi connectivity index (χ0) is 12.0. The summed E-state index contributed by atoms with van der Waals surface area (Å²) in [6.45, 7) is 0. The van der Waals surface area contributed by atoms with E-state index < -0.39 is 0 Å². The van der Waals surface area contributed by atoms with E-state index in [4.69, 9.17) is 0 Å². The number of amides is 1. The second-order valence-corrected chi connectivity index (χ2v) is 5.88. The molecule has 0 aliphatic rings. The van der Waals surface area contributed by atoms with Gasteiger partial charge in [-0.3, -0.25) is 4.79 Å². The Hall–Kier alpha value is 0.130. The Morgan fingerprint density at radius 1 is 1.25 bits per heavy atom. The van der Waals surface area contributed by atoms with Crippen LogP contribution in [-0.4, -0.2) is 11.2 Å². The van der Waals surface area contributed by atoms with Crippen LogP contribution >= 0.6 is 47.8 Å². The number of alkyl halides is 1. The van der Waals surface area contributed by atoms with Gasteiger partial charge in [-0.15, -0.1) is 0 Å². The maximum absolute atomic E-state index is 11.6. The number of hydrogen-bond donors (Lipinski definition) is 1. The van der Waals surface area contributed by atoms with Gasteiger partial charge in [0, 0.05) is 20.7 Å². The fourth-order valence-electron chi connectivity index (χ4n) is 1.19. The van der Waals surface area contributed by atoms with E-state index in [0.717, 1.165) is 32.8 Å². The smallest absolute Gasteiger partial charge is 0.224 e. The van der Waals surface area contributed by atoms with Crippen LogP contribution in [0, 0.1) is 0 Å². The summed E-state index contributed by atoms with van der Waals surface area (Å²) in [5, 5.41) is 3.82. The van der Waals surface area contributed by atoms with Crippen LogP contribution in [0.1, 0.15) is 19.3 Å². The van der Waals surface area contributed by atoms with E-state index in [-0.39, 0.29) is 5.91 Å². The van der Waals surface area contributed by atoms with E-state index in [9.17, 15) is 4.79 Å². The van der Waals surface area contributed by atoms with Crippen molar-refractivity contribution in [1.82, 2.24) is 0 Å². The third-order valence-corrected chi connectivity index (χ3v) is 3.74. The van der Waals surface area contributed by atoms with Gasteiger partial charge in [-0.05, 0) is 47.0 Å². The van der Waals surface area contributed by atoms with Crippen molar-refractivity contribution in [2.24, 2.45) is 0 Å². The average molecular weight is 414 g/mol. The van der Waals surface area contributed by atoms with Crippen LogP contribution in [-0.2, 0) is 4.79 Å². The lowest BCUT2D eigenvalue weighted by Crippen LogP contribution is -2.11. The van der Waals surface area contributed by atoms with Crippen LogP contribution in [0.15, 0.2) is 27.1 Å². The summed E-state index contributed by atoms with van der Waals surface area (Å²) in [4.78, 5) is 11.6. The van der Waals surface area contributed by atoms with Crippen LogP contribution in [0.2, 0.25) is 0 Å². The Kier molecular flexibility index (Phi) is 6.61. The molecule has 88 valence electrons. The average Bonchev–Trinajstić information content (AvgIpc) is 2.24. The highest BCUT2D eigenvalue weighted by Gasteiger charge is 2.05. The van der Waals surface area contributed by atoms with E-state index >= 15 is 0 Å². The predicted octanol–water partition coefficient (Wildman–Crippen LogP) is 4.72. The van der Waals surface area contributed by atoms with Crippen molar-refractivity contribution < 1.29 is 4.79 Å². The number of unbranched alkanes of at least 4 members (excludes halogenated alkanes) is 1. The maximum atomic E-state index is 11.6. The molecule has 2 nitrogen and oxygen atoms in total. The minimum absolute atomic E-state index is 0.0553. The third kappa shape index (κ3) is 4.97. The highest BCUT2D eigenvalue weighted by Crippen LogP contribution is 2.26. The van der Waals surface area contributed by atoms with Crippen LogP contribution in [0.4, 0.5) is 5.69 Å². The summed E-state index contributed by atoms with van der Waals surface area (Å²) in [7, 11) is 0. The van der Waals surface area contributed by atoms with Crippen molar-refractivity contribution in [2.75, 3.05) is 10.6 Å². The number of nitrogens with one attached hydrogen (secondary N) is 1. The second kappa shape index (κ2) is 7.45. The molecule has 0 aliphatic heterocycles. The summed E-state index contributed by atoms with van der Waals surface area (Å²) in [6.07, 6.45) is 2.49. The molecule has 1 rings (SSSR count). The number of carbonyl (C=O) groups excluding carboxylic acids is 1. The molecule has 0 bridgehead atoms. The molecular weight excluding hydrogens is 402 g/mol. The number of benzene rings is 1. The first-order chi connectivity index (χ1) is 7.63. The Morgan fingerprint density at radius 3 is 2.69 bits per heavy atom. The lowest BCUT2D eigenvalue weighted by molar-refractivity contribution is -0.116. The van der Waals surface area contributed by atoms with Gasteiger partial charge in [-0.2, -0.15) is 0 Å². The maximum Gasteiger partial charge on any atom is 0.224 e. The van der Waals surface area contributed by atoms with E-state index in [0.29, 0.717) is 6.42 Å². The summed E-state index contributed by atoms with van der Waals surface area (Å²) in [5.74, 6) is 0.0553. The topological polar surface area (TPSA) is 29.1 Å². The Morgan fingerprint density at radius 2 is 2.00 bits per heavy atom. The van der Waals surface area contributed by atoms with Gasteiger partial charge in [0.05, 0.1) is 5.69 Å². The molecule has 16 heavy (non-hydrogen) atoms. The normalized spacial score (nSPS) is 10.2. The zero-order valence-electron chi connectivity index (χ0n) is 8.60. The lowest BCUT2D eigenvalue weighted by Gasteiger charge is -2.07. The number of anilines is 1. The van der Waals surface area contributed by atoms with Gasteiger partial charge in [0.2, 0.25) is 5.91 Å². The van der Waals surface area contributed by atoms with Gasteiger partial charge < -0.3 is 5.32 Å². The molecule has 1 amide bonds. The SMILES string of the molecule is O=C(CCCCBr)Nc1cc(Br)ccc1Br. The second-order valence-electron chi connectivity index (χ2n) is 3.32. The molecular formula is C11H12Br3NO. The van der Waals surface area contributed by atoms with Gasteiger partial charge in [0.15, 0.2) is 0 Å². The van der Waals surface area contributed by atoms with E-state index in [1.54, 1.807) is 0 Å². The van der Waals surface area contributed by atoms with Crippen molar-refractivity contribution in [1.29, 1.82) is 0 Å². The van der Waals surface area contributed by atoms with Crippen LogP contribution in [0.5, 0.6) is 0 Å². The first-order valence-corrected chi connectivity index (χ1v) is 7.65. The first-order valence-electron chi connectivity index (χ1n) is 4.94. The lowest BCUT2D eigenvalue weighted by atomic mass is 10.2. The zero-order valence-corrected chi connectivity index (χ0v) is 13.4. The van der Waals surface area contributed by atoms with Gasteiger partial charge in [-0.1, -0.05) is 31.9 Å². The highest BCUT2D eigenvalue weighted by molar-refractivity contribution is 9.11. The molecule has 0 heterocycles. The van der Waals surface area contributed by atoms with E-state index in [1.165, 1.54) is 0 Å². The summed E-state index contributed by atoms with van der Waals surface area (Å²) in [6, 6.07) is 5.70. The standard InChI is InChI=1S/C11H12Br3NO/c12-6-2-1-3-11(16)15-10-7-8(13)4-5-9(10)14/h4-5,7H,1-3,6H2,(H,15,16). The summed E-state index contributed by atoms with van der Waals surface area (Å²) >= 11 is 10.1. The predicted molar refractivity (Wildman–Crippen MR) is 78.1 cm³/mol. The molecule has 0 atom stereocenters. The number of halogens is 3. The fraction of sp³-hybridized carbons (Fsp3) is 0.364. The minimum atomic E-state index is 0.0553. The molecule has 0 saturated heterocycles. The largest absolute Gasteiger partial charge is 0.325 e.